The van der Waals surface area contributed by atoms with E-state index in [-0.39, 0.29) is 95.9 Å². The molecule has 792 valence electrons. The van der Waals surface area contributed by atoms with Crippen molar-refractivity contribution in [3.63, 3.8) is 0 Å². The lowest BCUT2D eigenvalue weighted by atomic mass is 9.86. The molecule has 0 aliphatic carbocycles. The summed E-state index contributed by atoms with van der Waals surface area (Å²) in [6.45, 7) is 36.9. The van der Waals surface area contributed by atoms with E-state index >= 15 is 0 Å². The number of aromatic nitrogens is 11. The zero-order chi connectivity index (χ0) is 108. The molecule has 0 spiro atoms. The van der Waals surface area contributed by atoms with Crippen molar-refractivity contribution in [2.45, 2.75) is 123 Å². The molecule has 15 rings (SSSR count). The summed E-state index contributed by atoms with van der Waals surface area (Å²) in [5.74, 6) is 2.47. The molecule has 0 saturated heterocycles. The molecule has 0 saturated carbocycles. The minimum atomic E-state index is -0.473. The Balaban J connectivity index is 0.000000178. The second-order valence-corrected chi connectivity index (χ2v) is 41.6. The van der Waals surface area contributed by atoms with E-state index in [1.54, 1.807) is 79.0 Å². The Hall–Kier alpha value is -14.3. The van der Waals surface area contributed by atoms with Crippen molar-refractivity contribution in [1.82, 2.24) is 64.7 Å². The Morgan fingerprint density at radius 2 is 0.651 bits per heavy atom. The summed E-state index contributed by atoms with van der Waals surface area (Å²) in [6, 6.07) is 60.7. The van der Waals surface area contributed by atoms with E-state index in [2.05, 4.69) is 116 Å². The van der Waals surface area contributed by atoms with Crippen LogP contribution >= 0.6 is 0 Å². The van der Waals surface area contributed by atoms with Gasteiger partial charge in [-0.25, -0.2) is 9.36 Å². The number of carbonyl (C=O) groups is 8. The minimum absolute atomic E-state index is 0.00905. The standard InChI is InChI=1S/C28H36N2O7.C24H30N2O2.C23H28N2O2.C20H25N5O4.C20H24N4O4/c1-28(2,3)26(32)20-4-9-24-21(18-20)19-25(30-24)27(33)29-22-5-7-23(8-6-22)37-17-16-36-15-14-35-13-12-34-11-10-31;1-24(2,3)23(27)18-9-12-21-19(15-18)16-22(25-21)17-7-10-20(11-8-17)28-14-6-13-26(4)5;1-23(2,3)22(26)17-8-11-20-18(14-17)15-21(24-20)16-6-9-19(10-7-16)27-13-12-25(4)5;1-20(2,3)18(27)13-4-5-15-14(10-13)11-17(21-15)22-19(28)16-12-25(24-23-16)6-8-29-9-7-26;1-20(2,3)19(27)13-4-5-15-14(10-13)11-16(21-15)18(26)17-12-24(23-22-17)6-8-28-9-7-25/h4-9,18-19,30-31H,10-17H2,1-3H3,(H,29,33);7-12,15-16,25H,6,13-14H2,1-5H3;6-11,14-15,24H,12-13H2,1-5H3;4-5,10-12,21,26H,6-9H2,1-3H3,(H,22,28);4-5,10-12,21,25H,6-9H2,1-3H3. The molecule has 8 aromatic carbocycles. The van der Waals surface area contributed by atoms with Crippen molar-refractivity contribution in [2.75, 3.05) is 158 Å². The van der Waals surface area contributed by atoms with Crippen LogP contribution in [-0.4, -0.2) is 274 Å². The largest absolute Gasteiger partial charge is 0.494 e. The van der Waals surface area contributed by atoms with E-state index in [1.807, 2.05) is 203 Å². The third-order valence-electron chi connectivity index (χ3n) is 23.2. The van der Waals surface area contributed by atoms with E-state index in [0.717, 1.165) is 119 Å². The minimum Gasteiger partial charge on any atom is -0.494 e. The smallest absolute Gasteiger partial charge is 0.278 e. The molecule has 0 aliphatic rings. The maximum atomic E-state index is 12.7. The number of likely N-dealkylation sites (N-methyl/N-ethyl adjacent to an activating group) is 1. The lowest BCUT2D eigenvalue weighted by Gasteiger charge is -2.16. The van der Waals surface area contributed by atoms with Crippen LogP contribution in [0.3, 0.4) is 0 Å². The van der Waals surface area contributed by atoms with Gasteiger partial charge in [0.25, 0.3) is 11.8 Å². The molecule has 7 aromatic heterocycles. The van der Waals surface area contributed by atoms with Crippen molar-refractivity contribution in [3.05, 3.63) is 257 Å². The van der Waals surface area contributed by atoms with E-state index in [0.29, 0.717) is 131 Å². The Morgan fingerprint density at radius 3 is 1.05 bits per heavy atom. The van der Waals surface area contributed by atoms with Gasteiger partial charge < -0.3 is 98.6 Å². The van der Waals surface area contributed by atoms with Crippen LogP contribution in [0.1, 0.15) is 199 Å². The molecular formula is C115H143N15O19. The number of fused-ring (bicyclic) bond motifs is 5. The number of anilines is 2. The van der Waals surface area contributed by atoms with Gasteiger partial charge in [-0.15, -0.1) is 10.2 Å². The quantitative estimate of drug-likeness (QED) is 0.0125. The fourth-order valence-corrected chi connectivity index (χ4v) is 15.2. The van der Waals surface area contributed by atoms with Crippen molar-refractivity contribution in [3.8, 4) is 39.8 Å². The number of aliphatic hydroxyl groups is 3. The summed E-state index contributed by atoms with van der Waals surface area (Å²) in [4.78, 5) is 121. The van der Waals surface area contributed by atoms with Crippen LogP contribution < -0.4 is 24.8 Å². The maximum Gasteiger partial charge on any atom is 0.278 e. The molecule has 15 aromatic rings. The number of H-pyrrole nitrogens is 5. The first kappa shape index (κ1) is 115. The molecule has 34 heteroatoms. The van der Waals surface area contributed by atoms with Crippen molar-refractivity contribution < 1.29 is 91.6 Å². The van der Waals surface area contributed by atoms with Crippen molar-refractivity contribution in [2.24, 2.45) is 27.1 Å². The molecule has 34 nitrogen and oxygen atoms in total. The third kappa shape index (κ3) is 34.7. The average Bonchev–Trinajstić information content (AvgIpc) is 1.69. The maximum absolute atomic E-state index is 12.7. The summed E-state index contributed by atoms with van der Waals surface area (Å²) in [5.41, 5.74) is 11.8. The average molecular weight is 2040 g/mol. The normalized spacial score (nSPS) is 11.8. The number of nitrogens with one attached hydrogen (secondary N) is 7. The summed E-state index contributed by atoms with van der Waals surface area (Å²) < 4.78 is 46.5. The van der Waals surface area contributed by atoms with Gasteiger partial charge in [0.1, 0.15) is 42.0 Å². The van der Waals surface area contributed by atoms with E-state index in [4.69, 9.17) is 53.2 Å². The van der Waals surface area contributed by atoms with Gasteiger partial charge in [0.05, 0.1) is 124 Å². The number of nitrogens with zero attached hydrogens (tertiary/aromatic N) is 8. The molecule has 149 heavy (non-hydrogen) atoms. The van der Waals surface area contributed by atoms with Gasteiger partial charge in [0.15, 0.2) is 40.3 Å². The first-order chi connectivity index (χ1) is 70.8. The molecule has 0 unspecified atom stereocenters. The number of rotatable bonds is 44. The SMILES string of the molecule is CC(C)(C)C(=O)c1ccc2[nH]c(C(=O)Nc3ccc(OCCOCCOCCOCCO)cc3)cc2c1.CC(C)(C)C(=O)c1ccc2[nH]c(C(=O)c3cn(CCOCCO)nn3)cc2c1.CC(C)(C)C(=O)c1ccc2[nH]c(NC(=O)c3cn(CCOCCO)nn3)cc2c1.CN(C)CCCOc1ccc(-c2cc3cc(C(=O)C(C)(C)C)ccc3[nH]2)cc1.CN(C)CCOc1ccc(-c2cc3cc(C(=O)C(C)(C)C)ccc3[nH]2)cc1. The van der Waals surface area contributed by atoms with Gasteiger partial charge in [0, 0.05) is 140 Å². The Bertz CT molecular complexity index is 6960. The highest BCUT2D eigenvalue weighted by atomic mass is 16.6. The number of aromatic amines is 5. The molecule has 0 bridgehead atoms. The molecule has 0 aliphatic heterocycles. The highest BCUT2D eigenvalue weighted by Gasteiger charge is 2.30. The second kappa shape index (κ2) is 53.5. The summed E-state index contributed by atoms with van der Waals surface area (Å²) in [7, 11) is 8.19. The van der Waals surface area contributed by atoms with Crippen LogP contribution in [0.25, 0.3) is 77.0 Å². The molecular weight excluding hydrogens is 1900 g/mol. The zero-order valence-corrected chi connectivity index (χ0v) is 88.9. The highest BCUT2D eigenvalue weighted by Crippen LogP contribution is 2.35. The van der Waals surface area contributed by atoms with Crippen molar-refractivity contribution >= 4 is 113 Å². The summed E-state index contributed by atoms with van der Waals surface area (Å²) >= 11 is 0. The molecule has 7 heterocycles. The van der Waals surface area contributed by atoms with Gasteiger partial charge in [-0.1, -0.05) is 114 Å². The molecule has 0 fully saturated rings. The predicted molar refractivity (Wildman–Crippen MR) is 581 cm³/mol. The Kier molecular flexibility index (Phi) is 41.3. The lowest BCUT2D eigenvalue weighted by molar-refractivity contribution is 0.00361. The number of benzene rings is 8. The highest BCUT2D eigenvalue weighted by molar-refractivity contribution is 6.12. The molecule has 10 N–H and O–H groups in total. The predicted octanol–water partition coefficient (Wildman–Crippen LogP) is 18.9. The fraction of sp³-hybridized carbons (Fsp3) is 0.391. The van der Waals surface area contributed by atoms with Gasteiger partial charge in [-0.05, 0) is 240 Å². The Morgan fingerprint density at radius 1 is 0.322 bits per heavy atom. The number of hydrogen-bond acceptors (Lipinski definition) is 25. The third-order valence-corrected chi connectivity index (χ3v) is 23.2. The first-order valence-electron chi connectivity index (χ1n) is 49.9. The number of carbonyl (C=O) groups excluding carboxylic acids is 8. The fourth-order valence-electron chi connectivity index (χ4n) is 15.2. The van der Waals surface area contributed by atoms with Gasteiger partial charge in [-0.3, -0.25) is 38.4 Å². The number of hydrogen-bond donors (Lipinski definition) is 10. The van der Waals surface area contributed by atoms with Crippen LogP contribution in [0.2, 0.25) is 0 Å². The second-order valence-electron chi connectivity index (χ2n) is 41.6. The number of aliphatic hydroxyl groups excluding tert-OH is 3. The van der Waals surface area contributed by atoms with Crippen LogP contribution in [0.5, 0.6) is 17.2 Å². The zero-order valence-electron chi connectivity index (χ0n) is 88.9. The lowest BCUT2D eigenvalue weighted by Crippen LogP contribution is -2.19. The van der Waals surface area contributed by atoms with E-state index < -0.39 is 22.2 Å². The molecule has 0 radical (unpaired) electrons. The summed E-state index contributed by atoms with van der Waals surface area (Å²) in [5, 5.41) is 51.7. The van der Waals surface area contributed by atoms with Gasteiger partial charge in [0.2, 0.25) is 5.78 Å². The van der Waals surface area contributed by atoms with Crippen LogP contribution in [0.15, 0.2) is 207 Å². The van der Waals surface area contributed by atoms with Crippen LogP contribution in [-0.2, 0) is 36.8 Å². The number of ether oxygens (including phenoxy) is 8. The van der Waals surface area contributed by atoms with Crippen LogP contribution in [0.4, 0.5) is 11.5 Å². The van der Waals surface area contributed by atoms with E-state index in [9.17, 15) is 38.4 Å². The van der Waals surface area contributed by atoms with E-state index in [1.165, 1.54) is 15.6 Å². The number of ketones is 6. The number of Topliss-reactive ketones (excluding diaryl/α,β-unsaturated/α-hetero) is 5. The van der Waals surface area contributed by atoms with Crippen LogP contribution in [0, 0.1) is 27.1 Å². The number of amides is 2. The Labute approximate surface area is 869 Å². The topological polar surface area (TPSA) is 442 Å². The molecule has 0 atom stereocenters. The summed E-state index contributed by atoms with van der Waals surface area (Å²) in [6.07, 6.45) is 4.09. The monoisotopic (exact) mass is 2040 g/mol. The molecule has 2 amide bonds. The van der Waals surface area contributed by atoms with Crippen molar-refractivity contribution in [1.29, 1.82) is 0 Å². The first-order valence-corrected chi connectivity index (χ1v) is 49.9. The van der Waals surface area contributed by atoms with Gasteiger partial charge >= 0.3 is 0 Å². The van der Waals surface area contributed by atoms with Gasteiger partial charge in [-0.2, -0.15) is 0 Å².